The van der Waals surface area contributed by atoms with Gasteiger partial charge in [-0.1, -0.05) is 25.1 Å². The summed E-state index contributed by atoms with van der Waals surface area (Å²) in [4.78, 5) is 0. The Kier molecular flexibility index (Phi) is 4.37. The van der Waals surface area contributed by atoms with Crippen LogP contribution in [0.1, 0.15) is 61.8 Å². The quantitative estimate of drug-likeness (QED) is 0.891. The largest absolute Gasteiger partial charge is 0.375 e. The van der Waals surface area contributed by atoms with Crippen LogP contribution in [0.3, 0.4) is 0 Å². The van der Waals surface area contributed by atoms with Crippen LogP contribution in [0.4, 0.5) is 0 Å². The van der Waals surface area contributed by atoms with E-state index in [1.807, 2.05) is 0 Å². The molecule has 1 N–H and O–H groups in total. The average Bonchev–Trinajstić information content (AvgIpc) is 2.47. The summed E-state index contributed by atoms with van der Waals surface area (Å²) in [6, 6.07) is 7.23. The third kappa shape index (κ3) is 2.89. The summed E-state index contributed by atoms with van der Waals surface area (Å²) in [5, 5.41) is 3.77. The van der Waals surface area contributed by atoms with E-state index in [0.29, 0.717) is 12.0 Å². The standard InChI is InChI=1S/C19H29NO/c1-4-20-18(17-8-5-7-14(2)15(17)3)16-9-12-21-19(13-16)10-6-11-19/h5,7-8,16,18,20H,4,6,9-13H2,1-3H3. The molecule has 2 fully saturated rings. The van der Waals surface area contributed by atoms with E-state index < -0.39 is 0 Å². The van der Waals surface area contributed by atoms with Crippen LogP contribution in [-0.4, -0.2) is 18.8 Å². The summed E-state index contributed by atoms with van der Waals surface area (Å²) in [6.07, 6.45) is 6.32. The monoisotopic (exact) mass is 287 g/mol. The molecule has 0 bridgehead atoms. The molecule has 0 aromatic heterocycles. The van der Waals surface area contributed by atoms with Crippen LogP contribution in [0.2, 0.25) is 0 Å². The van der Waals surface area contributed by atoms with E-state index in [-0.39, 0.29) is 5.60 Å². The molecule has 2 unspecified atom stereocenters. The highest BCUT2D eigenvalue weighted by atomic mass is 16.5. The van der Waals surface area contributed by atoms with Crippen LogP contribution in [0, 0.1) is 19.8 Å². The smallest absolute Gasteiger partial charge is 0.0686 e. The van der Waals surface area contributed by atoms with Crippen LogP contribution in [-0.2, 0) is 4.74 Å². The SMILES string of the molecule is CCNC(c1cccc(C)c1C)C1CCOC2(CCC2)C1. The van der Waals surface area contributed by atoms with Gasteiger partial charge < -0.3 is 10.1 Å². The van der Waals surface area contributed by atoms with Crippen LogP contribution in [0.5, 0.6) is 0 Å². The van der Waals surface area contributed by atoms with E-state index in [4.69, 9.17) is 4.74 Å². The van der Waals surface area contributed by atoms with E-state index in [1.165, 1.54) is 48.8 Å². The van der Waals surface area contributed by atoms with E-state index in [9.17, 15) is 0 Å². The van der Waals surface area contributed by atoms with Crippen molar-refractivity contribution in [2.75, 3.05) is 13.2 Å². The first kappa shape index (κ1) is 15.1. The molecule has 1 saturated heterocycles. The maximum absolute atomic E-state index is 6.12. The molecule has 0 amide bonds. The lowest BCUT2D eigenvalue weighted by molar-refractivity contribution is -0.147. The summed E-state index contributed by atoms with van der Waals surface area (Å²) in [6.45, 7) is 8.68. The summed E-state index contributed by atoms with van der Waals surface area (Å²) in [5.41, 5.74) is 4.59. The van der Waals surface area contributed by atoms with Gasteiger partial charge in [-0.25, -0.2) is 0 Å². The molecule has 1 aromatic rings. The normalized spacial score (nSPS) is 25.6. The van der Waals surface area contributed by atoms with Gasteiger partial charge in [0.1, 0.15) is 0 Å². The Morgan fingerprint density at radius 1 is 1.33 bits per heavy atom. The molecule has 1 aliphatic carbocycles. The Morgan fingerprint density at radius 2 is 2.14 bits per heavy atom. The zero-order valence-electron chi connectivity index (χ0n) is 13.7. The minimum Gasteiger partial charge on any atom is -0.375 e. The van der Waals surface area contributed by atoms with Crippen molar-refractivity contribution in [3.63, 3.8) is 0 Å². The first-order valence-corrected chi connectivity index (χ1v) is 8.59. The number of aryl methyl sites for hydroxylation is 1. The molecule has 21 heavy (non-hydrogen) atoms. The maximum atomic E-state index is 6.12. The Morgan fingerprint density at radius 3 is 2.81 bits per heavy atom. The first-order valence-electron chi connectivity index (χ1n) is 8.59. The second-order valence-electron chi connectivity index (χ2n) is 6.96. The lowest BCUT2D eigenvalue weighted by atomic mass is 9.69. The Hall–Kier alpha value is -0.860. The van der Waals surface area contributed by atoms with Gasteiger partial charge in [-0.05, 0) is 75.1 Å². The molecular weight excluding hydrogens is 258 g/mol. The Balaban J connectivity index is 1.85. The molecule has 2 atom stereocenters. The Labute approximate surface area is 129 Å². The van der Waals surface area contributed by atoms with Crippen molar-refractivity contribution < 1.29 is 4.74 Å². The summed E-state index contributed by atoms with van der Waals surface area (Å²) in [7, 11) is 0. The zero-order chi connectivity index (χ0) is 14.9. The first-order chi connectivity index (χ1) is 10.2. The number of nitrogens with one attached hydrogen (secondary N) is 1. The summed E-state index contributed by atoms with van der Waals surface area (Å²) < 4.78 is 6.12. The number of rotatable bonds is 4. The van der Waals surface area contributed by atoms with Crippen molar-refractivity contribution in [3.8, 4) is 0 Å². The lowest BCUT2D eigenvalue weighted by Crippen LogP contribution is -2.48. The van der Waals surface area contributed by atoms with Gasteiger partial charge in [0, 0.05) is 12.6 Å². The molecular formula is C19H29NO. The van der Waals surface area contributed by atoms with Gasteiger partial charge >= 0.3 is 0 Å². The molecule has 116 valence electrons. The fourth-order valence-corrected chi connectivity index (χ4v) is 4.13. The summed E-state index contributed by atoms with van der Waals surface area (Å²) in [5.74, 6) is 0.708. The number of hydrogen-bond acceptors (Lipinski definition) is 2. The zero-order valence-corrected chi connectivity index (χ0v) is 13.7. The van der Waals surface area contributed by atoms with Crippen LogP contribution in [0.25, 0.3) is 0 Å². The van der Waals surface area contributed by atoms with Crippen LogP contribution in [0.15, 0.2) is 18.2 Å². The molecule has 3 rings (SSSR count). The number of hydrogen-bond donors (Lipinski definition) is 1. The van der Waals surface area contributed by atoms with E-state index >= 15 is 0 Å². The van der Waals surface area contributed by atoms with Crippen molar-refractivity contribution in [1.29, 1.82) is 0 Å². The second kappa shape index (κ2) is 6.10. The topological polar surface area (TPSA) is 21.3 Å². The Bertz CT molecular complexity index is 492. The molecule has 1 saturated carbocycles. The fraction of sp³-hybridized carbons (Fsp3) is 0.684. The second-order valence-corrected chi connectivity index (χ2v) is 6.96. The third-order valence-corrected chi connectivity index (χ3v) is 5.67. The molecule has 2 nitrogen and oxygen atoms in total. The van der Waals surface area contributed by atoms with Gasteiger partial charge in [0.25, 0.3) is 0 Å². The van der Waals surface area contributed by atoms with Crippen molar-refractivity contribution in [2.24, 2.45) is 5.92 Å². The van der Waals surface area contributed by atoms with Crippen molar-refractivity contribution in [2.45, 2.75) is 64.5 Å². The van der Waals surface area contributed by atoms with Crippen LogP contribution < -0.4 is 5.32 Å². The van der Waals surface area contributed by atoms with Crippen molar-refractivity contribution in [3.05, 3.63) is 34.9 Å². The molecule has 2 heteroatoms. The van der Waals surface area contributed by atoms with E-state index in [2.05, 4.69) is 44.3 Å². The fourth-order valence-electron chi connectivity index (χ4n) is 4.13. The predicted octanol–water partition coefficient (Wildman–Crippen LogP) is 4.30. The van der Waals surface area contributed by atoms with E-state index in [0.717, 1.165) is 13.2 Å². The van der Waals surface area contributed by atoms with Gasteiger partial charge in [-0.3, -0.25) is 0 Å². The predicted molar refractivity (Wildman–Crippen MR) is 87.6 cm³/mol. The molecule has 2 aliphatic rings. The van der Waals surface area contributed by atoms with Crippen molar-refractivity contribution in [1.82, 2.24) is 5.32 Å². The number of ether oxygens (including phenoxy) is 1. The molecule has 1 spiro atoms. The summed E-state index contributed by atoms with van der Waals surface area (Å²) >= 11 is 0. The molecule has 1 aliphatic heterocycles. The highest BCUT2D eigenvalue weighted by Gasteiger charge is 2.44. The van der Waals surface area contributed by atoms with Gasteiger partial charge in [0.2, 0.25) is 0 Å². The average molecular weight is 287 g/mol. The third-order valence-electron chi connectivity index (χ3n) is 5.67. The number of benzene rings is 1. The van der Waals surface area contributed by atoms with Gasteiger partial charge in [-0.2, -0.15) is 0 Å². The maximum Gasteiger partial charge on any atom is 0.0686 e. The van der Waals surface area contributed by atoms with Gasteiger partial charge in [-0.15, -0.1) is 0 Å². The van der Waals surface area contributed by atoms with E-state index in [1.54, 1.807) is 0 Å². The minimum absolute atomic E-state index is 0.230. The van der Waals surface area contributed by atoms with Crippen LogP contribution >= 0.6 is 0 Å². The minimum atomic E-state index is 0.230. The molecule has 1 heterocycles. The molecule has 1 aromatic carbocycles. The highest BCUT2D eigenvalue weighted by Crippen LogP contribution is 2.47. The van der Waals surface area contributed by atoms with Gasteiger partial charge in [0.15, 0.2) is 0 Å². The van der Waals surface area contributed by atoms with Gasteiger partial charge in [0.05, 0.1) is 5.60 Å². The highest BCUT2D eigenvalue weighted by molar-refractivity contribution is 5.36. The molecule has 0 radical (unpaired) electrons. The van der Waals surface area contributed by atoms with Crippen molar-refractivity contribution >= 4 is 0 Å². The lowest BCUT2D eigenvalue weighted by Gasteiger charge is -2.49.